The molecule has 0 atom stereocenters. The van der Waals surface area contributed by atoms with E-state index in [0.29, 0.717) is 5.56 Å². The fraction of sp³-hybridized carbons (Fsp3) is 0.462. The Balaban J connectivity index is 2.46. The fourth-order valence-electron chi connectivity index (χ4n) is 2.12. The Kier molecular flexibility index (Phi) is 2.41. The molecule has 3 heteroatoms. The van der Waals surface area contributed by atoms with Crippen LogP contribution in [-0.2, 0) is 0 Å². The molecule has 0 fully saturated rings. The second-order valence-electron chi connectivity index (χ2n) is 4.96. The first kappa shape index (κ1) is 11.0. The molecule has 1 aliphatic heterocycles. The number of hydrogen-bond acceptors (Lipinski definition) is 3. The quantitative estimate of drug-likeness (QED) is 0.680. The normalized spacial score (nSPS) is 17.6. The highest BCUT2D eigenvalue weighted by molar-refractivity contribution is 5.95. The van der Waals surface area contributed by atoms with E-state index >= 15 is 0 Å². The average Bonchev–Trinajstić information content (AvgIpc) is 2.14. The van der Waals surface area contributed by atoms with Crippen LogP contribution in [0, 0.1) is 0 Å². The van der Waals surface area contributed by atoms with Gasteiger partial charge in [0.05, 0.1) is 12.2 Å². The third-order valence-corrected chi connectivity index (χ3v) is 2.78. The number of ketones is 1. The molecule has 0 saturated carbocycles. The lowest BCUT2D eigenvalue weighted by atomic mass is 10.0. The van der Waals surface area contributed by atoms with Crippen LogP contribution in [0.15, 0.2) is 18.2 Å². The van der Waals surface area contributed by atoms with E-state index in [2.05, 4.69) is 4.90 Å². The lowest BCUT2D eigenvalue weighted by Crippen LogP contribution is -2.45. The molecule has 0 unspecified atom stereocenters. The van der Waals surface area contributed by atoms with Crippen molar-refractivity contribution in [1.29, 1.82) is 0 Å². The van der Waals surface area contributed by atoms with Crippen LogP contribution in [0.2, 0.25) is 0 Å². The molecule has 0 spiro atoms. The Morgan fingerprint density at radius 1 is 1.44 bits per heavy atom. The summed E-state index contributed by atoms with van der Waals surface area (Å²) in [5.41, 5.74) is 1.53. The lowest BCUT2D eigenvalue weighted by Gasteiger charge is -2.39. The highest BCUT2D eigenvalue weighted by Gasteiger charge is 2.29. The first-order chi connectivity index (χ1) is 7.39. The standard InChI is InChI=1S/C13H17NO2/c1-9(15)10-5-6-11-12(7-10)16-13(2,3)8-14(11)4/h5-7H,8H2,1-4H3. The lowest BCUT2D eigenvalue weighted by molar-refractivity contribution is 0.0997. The van der Waals surface area contributed by atoms with E-state index in [4.69, 9.17) is 4.74 Å². The molecular weight excluding hydrogens is 202 g/mol. The summed E-state index contributed by atoms with van der Waals surface area (Å²) in [6.07, 6.45) is 0. The molecule has 0 aliphatic carbocycles. The molecule has 0 saturated heterocycles. The summed E-state index contributed by atoms with van der Waals surface area (Å²) >= 11 is 0. The third kappa shape index (κ3) is 1.90. The van der Waals surface area contributed by atoms with Crippen LogP contribution in [0.1, 0.15) is 31.1 Å². The van der Waals surface area contributed by atoms with Gasteiger partial charge in [-0.15, -0.1) is 0 Å². The van der Waals surface area contributed by atoms with Gasteiger partial charge in [-0.3, -0.25) is 4.79 Å². The average molecular weight is 219 g/mol. The molecule has 0 radical (unpaired) electrons. The minimum absolute atomic E-state index is 0.0671. The predicted molar refractivity (Wildman–Crippen MR) is 64.4 cm³/mol. The van der Waals surface area contributed by atoms with Gasteiger partial charge in [0.2, 0.25) is 0 Å². The molecule has 0 N–H and O–H groups in total. The number of Topliss-reactive ketones (excluding diaryl/α,β-unsaturated/α-hetero) is 1. The van der Waals surface area contributed by atoms with Gasteiger partial charge in [0, 0.05) is 12.6 Å². The second kappa shape index (κ2) is 3.51. The molecule has 1 aromatic rings. The summed E-state index contributed by atoms with van der Waals surface area (Å²) in [6, 6.07) is 5.62. The summed E-state index contributed by atoms with van der Waals surface area (Å²) in [5, 5.41) is 0. The molecule has 1 aromatic carbocycles. The third-order valence-electron chi connectivity index (χ3n) is 2.78. The summed E-state index contributed by atoms with van der Waals surface area (Å²) in [6.45, 7) is 6.51. The highest BCUT2D eigenvalue weighted by atomic mass is 16.5. The van der Waals surface area contributed by atoms with Crippen LogP contribution >= 0.6 is 0 Å². The Morgan fingerprint density at radius 3 is 2.75 bits per heavy atom. The topological polar surface area (TPSA) is 29.5 Å². The molecule has 1 heterocycles. The number of likely N-dealkylation sites (N-methyl/N-ethyl adjacent to an activating group) is 1. The van der Waals surface area contributed by atoms with E-state index in [1.807, 2.05) is 39.1 Å². The van der Waals surface area contributed by atoms with Crippen LogP contribution < -0.4 is 9.64 Å². The molecule has 0 aromatic heterocycles. The summed E-state index contributed by atoms with van der Waals surface area (Å²) < 4.78 is 5.89. The number of fused-ring (bicyclic) bond motifs is 1. The van der Waals surface area contributed by atoms with Crippen molar-refractivity contribution in [3.63, 3.8) is 0 Å². The zero-order valence-corrected chi connectivity index (χ0v) is 10.2. The van der Waals surface area contributed by atoms with E-state index in [1.54, 1.807) is 6.92 Å². The number of anilines is 1. The largest absolute Gasteiger partial charge is 0.484 e. The maximum Gasteiger partial charge on any atom is 0.159 e. The molecule has 2 rings (SSSR count). The summed E-state index contributed by atoms with van der Waals surface area (Å²) in [7, 11) is 2.04. The number of ether oxygens (including phenoxy) is 1. The van der Waals surface area contributed by atoms with E-state index in [-0.39, 0.29) is 11.4 Å². The minimum atomic E-state index is -0.211. The van der Waals surface area contributed by atoms with E-state index in [9.17, 15) is 4.79 Å². The van der Waals surface area contributed by atoms with Gasteiger partial charge in [-0.1, -0.05) is 0 Å². The van der Waals surface area contributed by atoms with Crippen molar-refractivity contribution in [2.45, 2.75) is 26.4 Å². The minimum Gasteiger partial charge on any atom is -0.484 e. The van der Waals surface area contributed by atoms with Gasteiger partial charge in [0.1, 0.15) is 11.4 Å². The van der Waals surface area contributed by atoms with Crippen molar-refractivity contribution < 1.29 is 9.53 Å². The predicted octanol–water partition coefficient (Wildman–Crippen LogP) is 2.50. The van der Waals surface area contributed by atoms with Gasteiger partial charge in [0.15, 0.2) is 5.78 Å². The van der Waals surface area contributed by atoms with E-state index in [1.165, 1.54) is 0 Å². The zero-order chi connectivity index (χ0) is 11.9. The van der Waals surface area contributed by atoms with Gasteiger partial charge in [-0.25, -0.2) is 0 Å². The van der Waals surface area contributed by atoms with Crippen molar-refractivity contribution in [3.05, 3.63) is 23.8 Å². The van der Waals surface area contributed by atoms with Gasteiger partial charge in [-0.2, -0.15) is 0 Å². The number of carbonyl (C=O) groups excluding carboxylic acids is 1. The monoisotopic (exact) mass is 219 g/mol. The summed E-state index contributed by atoms with van der Waals surface area (Å²) in [4.78, 5) is 13.5. The number of benzene rings is 1. The number of carbonyl (C=O) groups is 1. The number of rotatable bonds is 1. The first-order valence-corrected chi connectivity index (χ1v) is 5.44. The van der Waals surface area contributed by atoms with Crippen LogP contribution in [0.4, 0.5) is 5.69 Å². The maximum absolute atomic E-state index is 11.3. The molecule has 3 nitrogen and oxygen atoms in total. The van der Waals surface area contributed by atoms with Crippen molar-refractivity contribution >= 4 is 11.5 Å². The smallest absolute Gasteiger partial charge is 0.159 e. The Hall–Kier alpha value is -1.51. The van der Waals surface area contributed by atoms with Crippen LogP contribution in [0.3, 0.4) is 0 Å². The molecule has 0 amide bonds. The molecular formula is C13H17NO2. The highest BCUT2D eigenvalue weighted by Crippen LogP contribution is 2.36. The van der Waals surface area contributed by atoms with Crippen LogP contribution in [0.25, 0.3) is 0 Å². The van der Waals surface area contributed by atoms with E-state index in [0.717, 1.165) is 18.0 Å². The Bertz CT molecular complexity index is 438. The SMILES string of the molecule is CC(=O)c1ccc2c(c1)OC(C)(C)CN2C. The van der Waals surface area contributed by atoms with Crippen molar-refractivity contribution in [2.75, 3.05) is 18.5 Å². The van der Waals surface area contributed by atoms with Gasteiger partial charge >= 0.3 is 0 Å². The molecule has 1 aliphatic rings. The first-order valence-electron chi connectivity index (χ1n) is 5.44. The maximum atomic E-state index is 11.3. The molecule has 86 valence electrons. The number of nitrogens with zero attached hydrogens (tertiary/aromatic N) is 1. The van der Waals surface area contributed by atoms with Crippen LogP contribution in [0.5, 0.6) is 5.75 Å². The van der Waals surface area contributed by atoms with Gasteiger partial charge in [-0.05, 0) is 39.0 Å². The zero-order valence-electron chi connectivity index (χ0n) is 10.2. The summed E-state index contributed by atoms with van der Waals surface area (Å²) in [5.74, 6) is 0.865. The van der Waals surface area contributed by atoms with Crippen molar-refractivity contribution in [2.24, 2.45) is 0 Å². The van der Waals surface area contributed by atoms with Crippen LogP contribution in [-0.4, -0.2) is 25.0 Å². The Labute approximate surface area is 96.0 Å². The van der Waals surface area contributed by atoms with Gasteiger partial charge in [0.25, 0.3) is 0 Å². The second-order valence-corrected chi connectivity index (χ2v) is 4.96. The van der Waals surface area contributed by atoms with E-state index < -0.39 is 0 Å². The number of hydrogen-bond donors (Lipinski definition) is 0. The Morgan fingerprint density at radius 2 is 2.12 bits per heavy atom. The molecule has 16 heavy (non-hydrogen) atoms. The van der Waals surface area contributed by atoms with Crippen molar-refractivity contribution in [1.82, 2.24) is 0 Å². The molecule has 0 bridgehead atoms. The van der Waals surface area contributed by atoms with Crippen molar-refractivity contribution in [3.8, 4) is 5.75 Å². The fourth-order valence-corrected chi connectivity index (χ4v) is 2.12. The van der Waals surface area contributed by atoms with Gasteiger partial charge < -0.3 is 9.64 Å².